The zero-order valence-corrected chi connectivity index (χ0v) is 12.9. The molecule has 0 unspecified atom stereocenters. The van der Waals surface area contributed by atoms with E-state index in [1.807, 2.05) is 0 Å². The van der Waals surface area contributed by atoms with Crippen molar-refractivity contribution in [3.05, 3.63) is 59.7 Å². The second-order valence-electron chi connectivity index (χ2n) is 5.67. The number of sulfone groups is 1. The highest BCUT2D eigenvalue weighted by atomic mass is 32.2. The molecule has 3 rings (SSSR count). The molecule has 0 aromatic heterocycles. The molecule has 2 aromatic carbocycles. The van der Waals surface area contributed by atoms with Crippen LogP contribution in [0.3, 0.4) is 0 Å². The van der Waals surface area contributed by atoms with Crippen LogP contribution in [0.4, 0.5) is 5.69 Å². The van der Waals surface area contributed by atoms with Gasteiger partial charge < -0.3 is 5.32 Å². The summed E-state index contributed by atoms with van der Waals surface area (Å²) in [6, 6.07) is 15.6. The van der Waals surface area contributed by atoms with Crippen molar-refractivity contribution in [1.82, 2.24) is 0 Å². The number of rotatable bonds is 5. The molecule has 0 amide bonds. The summed E-state index contributed by atoms with van der Waals surface area (Å²) < 4.78 is 22.8. The molecular formula is C17H19NO2S. The summed E-state index contributed by atoms with van der Waals surface area (Å²) in [4.78, 5) is 0.349. The third-order valence-corrected chi connectivity index (χ3v) is 4.94. The van der Waals surface area contributed by atoms with Crippen LogP contribution in [0.25, 0.3) is 0 Å². The highest BCUT2D eigenvalue weighted by Crippen LogP contribution is 2.39. The number of hydrogen-bond donors (Lipinski definition) is 1. The van der Waals surface area contributed by atoms with Gasteiger partial charge in [-0.25, -0.2) is 8.42 Å². The van der Waals surface area contributed by atoms with E-state index in [-0.39, 0.29) is 0 Å². The molecule has 21 heavy (non-hydrogen) atoms. The van der Waals surface area contributed by atoms with Gasteiger partial charge >= 0.3 is 0 Å². The molecular weight excluding hydrogens is 282 g/mol. The van der Waals surface area contributed by atoms with Crippen LogP contribution in [-0.2, 0) is 16.4 Å². The van der Waals surface area contributed by atoms with Gasteiger partial charge in [-0.3, -0.25) is 0 Å². The maximum Gasteiger partial charge on any atom is 0.175 e. The average Bonchev–Trinajstić information content (AvgIpc) is 3.30. The SMILES string of the molecule is CS(=O)(=O)c1ccc(NCc2ccc(C3CC3)cc2)cc1. The molecule has 0 saturated heterocycles. The summed E-state index contributed by atoms with van der Waals surface area (Å²) in [7, 11) is -3.12. The fourth-order valence-corrected chi connectivity index (χ4v) is 2.98. The summed E-state index contributed by atoms with van der Waals surface area (Å²) >= 11 is 0. The molecule has 1 saturated carbocycles. The van der Waals surface area contributed by atoms with Crippen LogP contribution >= 0.6 is 0 Å². The first-order valence-electron chi connectivity index (χ1n) is 7.15. The summed E-state index contributed by atoms with van der Waals surface area (Å²) in [5.41, 5.74) is 3.59. The zero-order chi connectivity index (χ0) is 14.9. The molecule has 0 heterocycles. The van der Waals surface area contributed by atoms with E-state index < -0.39 is 9.84 Å². The highest BCUT2D eigenvalue weighted by Gasteiger charge is 2.22. The van der Waals surface area contributed by atoms with E-state index in [0.717, 1.165) is 18.2 Å². The van der Waals surface area contributed by atoms with E-state index in [0.29, 0.717) is 4.90 Å². The third kappa shape index (κ3) is 3.64. The minimum atomic E-state index is -3.12. The maximum absolute atomic E-state index is 11.4. The standard InChI is InChI=1S/C17H19NO2S/c1-21(19,20)17-10-8-16(9-11-17)18-12-13-2-4-14(5-3-13)15-6-7-15/h2-5,8-11,15,18H,6-7,12H2,1H3. The summed E-state index contributed by atoms with van der Waals surface area (Å²) in [5, 5.41) is 3.31. The van der Waals surface area contributed by atoms with E-state index in [1.54, 1.807) is 24.3 Å². The molecule has 3 nitrogen and oxygen atoms in total. The molecule has 2 aromatic rings. The van der Waals surface area contributed by atoms with Gasteiger partial charge in [0.05, 0.1) is 4.90 Å². The molecule has 1 N–H and O–H groups in total. The van der Waals surface area contributed by atoms with Crippen molar-refractivity contribution in [2.45, 2.75) is 30.2 Å². The number of benzene rings is 2. The largest absolute Gasteiger partial charge is 0.381 e. The van der Waals surface area contributed by atoms with Crippen LogP contribution in [-0.4, -0.2) is 14.7 Å². The van der Waals surface area contributed by atoms with Crippen LogP contribution in [0.2, 0.25) is 0 Å². The third-order valence-electron chi connectivity index (χ3n) is 3.81. The Kier molecular flexibility index (Phi) is 3.72. The Balaban J connectivity index is 1.61. The van der Waals surface area contributed by atoms with Crippen LogP contribution in [0.5, 0.6) is 0 Å². The van der Waals surface area contributed by atoms with Gasteiger partial charge in [-0.1, -0.05) is 24.3 Å². The molecule has 110 valence electrons. The van der Waals surface area contributed by atoms with E-state index >= 15 is 0 Å². The van der Waals surface area contributed by atoms with Crippen LogP contribution in [0.15, 0.2) is 53.4 Å². The summed E-state index contributed by atoms with van der Waals surface area (Å²) in [6.45, 7) is 0.739. The Bertz CT molecular complexity index is 714. The predicted molar refractivity (Wildman–Crippen MR) is 85.3 cm³/mol. The predicted octanol–water partition coefficient (Wildman–Crippen LogP) is 3.58. The monoisotopic (exact) mass is 301 g/mol. The number of hydrogen-bond acceptors (Lipinski definition) is 3. The quantitative estimate of drug-likeness (QED) is 0.918. The van der Waals surface area contributed by atoms with Gasteiger partial charge in [0.1, 0.15) is 0 Å². The average molecular weight is 301 g/mol. The smallest absolute Gasteiger partial charge is 0.175 e. The van der Waals surface area contributed by atoms with Gasteiger partial charge in [0.2, 0.25) is 0 Å². The van der Waals surface area contributed by atoms with Gasteiger partial charge in [0, 0.05) is 18.5 Å². The first-order chi connectivity index (χ1) is 10.0. The molecule has 4 heteroatoms. The zero-order valence-electron chi connectivity index (χ0n) is 12.0. The topological polar surface area (TPSA) is 46.2 Å². The van der Waals surface area contributed by atoms with Crippen LogP contribution < -0.4 is 5.32 Å². The van der Waals surface area contributed by atoms with Crippen LogP contribution in [0, 0.1) is 0 Å². The van der Waals surface area contributed by atoms with Crippen molar-refractivity contribution >= 4 is 15.5 Å². The Morgan fingerprint density at radius 1 is 1.00 bits per heavy atom. The molecule has 0 bridgehead atoms. The Morgan fingerprint density at radius 2 is 1.62 bits per heavy atom. The molecule has 0 radical (unpaired) electrons. The normalized spacial score (nSPS) is 14.9. The molecule has 0 atom stereocenters. The van der Waals surface area contributed by atoms with Crippen molar-refractivity contribution < 1.29 is 8.42 Å². The van der Waals surface area contributed by atoms with Gasteiger partial charge in [0.15, 0.2) is 9.84 Å². The minimum absolute atomic E-state index is 0.349. The second-order valence-corrected chi connectivity index (χ2v) is 7.68. The summed E-state index contributed by atoms with van der Waals surface area (Å²) in [5.74, 6) is 0.788. The fourth-order valence-electron chi connectivity index (χ4n) is 2.35. The maximum atomic E-state index is 11.4. The van der Waals surface area contributed by atoms with Gasteiger partial charge in [0.25, 0.3) is 0 Å². The van der Waals surface area contributed by atoms with Crippen molar-refractivity contribution in [3.63, 3.8) is 0 Å². The van der Waals surface area contributed by atoms with Gasteiger partial charge in [-0.05, 0) is 54.2 Å². The fraction of sp³-hybridized carbons (Fsp3) is 0.294. The summed E-state index contributed by atoms with van der Waals surface area (Å²) in [6.07, 6.45) is 3.87. The van der Waals surface area contributed by atoms with Crippen molar-refractivity contribution in [1.29, 1.82) is 0 Å². The van der Waals surface area contributed by atoms with Gasteiger partial charge in [-0.15, -0.1) is 0 Å². The lowest BCUT2D eigenvalue weighted by atomic mass is 10.1. The lowest BCUT2D eigenvalue weighted by molar-refractivity contribution is 0.602. The Labute approximate surface area is 125 Å². The highest BCUT2D eigenvalue weighted by molar-refractivity contribution is 7.90. The molecule has 1 fully saturated rings. The number of nitrogens with one attached hydrogen (secondary N) is 1. The first kappa shape index (κ1) is 14.1. The number of anilines is 1. The van der Waals surface area contributed by atoms with Crippen LogP contribution in [0.1, 0.15) is 29.9 Å². The molecule has 0 spiro atoms. The Hall–Kier alpha value is -1.81. The lowest BCUT2D eigenvalue weighted by Crippen LogP contribution is -2.01. The van der Waals surface area contributed by atoms with Crippen molar-refractivity contribution in [3.8, 4) is 0 Å². The molecule has 1 aliphatic carbocycles. The Morgan fingerprint density at radius 3 is 2.14 bits per heavy atom. The van der Waals surface area contributed by atoms with Crippen molar-refractivity contribution in [2.75, 3.05) is 11.6 Å². The van der Waals surface area contributed by atoms with E-state index in [2.05, 4.69) is 29.6 Å². The second kappa shape index (κ2) is 5.53. The molecule has 0 aliphatic heterocycles. The molecule has 1 aliphatic rings. The van der Waals surface area contributed by atoms with E-state index in [1.165, 1.54) is 30.2 Å². The van der Waals surface area contributed by atoms with E-state index in [9.17, 15) is 8.42 Å². The van der Waals surface area contributed by atoms with E-state index in [4.69, 9.17) is 0 Å². The first-order valence-corrected chi connectivity index (χ1v) is 9.04. The minimum Gasteiger partial charge on any atom is -0.381 e. The van der Waals surface area contributed by atoms with Crippen molar-refractivity contribution in [2.24, 2.45) is 0 Å². The lowest BCUT2D eigenvalue weighted by Gasteiger charge is -2.08. The van der Waals surface area contributed by atoms with Gasteiger partial charge in [-0.2, -0.15) is 0 Å².